The largest absolute Gasteiger partial charge is 0.416 e. The van der Waals surface area contributed by atoms with Crippen molar-refractivity contribution < 1.29 is 18.0 Å². The van der Waals surface area contributed by atoms with E-state index in [0.717, 1.165) is 17.7 Å². The topological polar surface area (TPSA) is 42.0 Å². The number of fused-ring (bicyclic) bond motifs is 1. The number of rotatable bonds is 1. The Bertz CT molecular complexity index is 683. The van der Waals surface area contributed by atoms with Crippen LogP contribution in [-0.4, -0.2) is 10.9 Å². The molecule has 2 heterocycles. The summed E-state index contributed by atoms with van der Waals surface area (Å²) < 4.78 is 38.3. The number of carbonyl (C=O) groups is 1. The number of halogens is 3. The lowest BCUT2D eigenvalue weighted by molar-refractivity contribution is -0.137. The van der Waals surface area contributed by atoms with Gasteiger partial charge in [-0.3, -0.25) is 9.78 Å². The van der Waals surface area contributed by atoms with E-state index in [4.69, 9.17) is 0 Å². The molecule has 0 saturated heterocycles. The van der Waals surface area contributed by atoms with Gasteiger partial charge in [0.1, 0.15) is 0 Å². The Morgan fingerprint density at radius 2 is 2.05 bits per heavy atom. The maximum Gasteiger partial charge on any atom is 0.416 e. The quantitative estimate of drug-likeness (QED) is 0.873. The van der Waals surface area contributed by atoms with Crippen LogP contribution < -0.4 is 5.32 Å². The molecule has 3 nitrogen and oxygen atoms in total. The average molecular weight is 292 g/mol. The molecule has 0 radical (unpaired) electrons. The fourth-order valence-electron chi connectivity index (χ4n) is 2.52. The zero-order chi connectivity index (χ0) is 15.0. The number of amides is 1. The van der Waals surface area contributed by atoms with Gasteiger partial charge in [-0.25, -0.2) is 0 Å². The summed E-state index contributed by atoms with van der Waals surface area (Å²) in [4.78, 5) is 15.8. The summed E-state index contributed by atoms with van der Waals surface area (Å²) in [5.74, 6) is -0.569. The maximum atomic E-state index is 12.8. The lowest BCUT2D eigenvalue weighted by atomic mass is 9.85. The molecule has 1 atom stereocenters. The molecule has 1 N–H and O–H groups in total. The number of hydrogen-bond acceptors (Lipinski definition) is 2. The fourth-order valence-corrected chi connectivity index (χ4v) is 2.52. The van der Waals surface area contributed by atoms with Crippen LogP contribution in [0.15, 0.2) is 42.7 Å². The van der Waals surface area contributed by atoms with E-state index in [-0.39, 0.29) is 23.9 Å². The van der Waals surface area contributed by atoms with Crippen LogP contribution in [0.4, 0.5) is 18.9 Å². The lowest BCUT2D eigenvalue weighted by Gasteiger charge is -2.26. The standard InChI is InChI=1S/C15H11F3N2O/c16-15(17,18)10-3-4-11-12(9-2-1-5-19-8-9)7-14(21)20-13(11)6-10/h1-6,8,12H,7H2,(H,20,21). The summed E-state index contributed by atoms with van der Waals surface area (Å²) in [5.41, 5.74) is 0.937. The molecular weight excluding hydrogens is 281 g/mol. The number of anilines is 1. The monoisotopic (exact) mass is 292 g/mol. The van der Waals surface area contributed by atoms with Gasteiger partial charge in [-0.15, -0.1) is 0 Å². The molecule has 1 aliphatic heterocycles. The molecule has 0 fully saturated rings. The van der Waals surface area contributed by atoms with Gasteiger partial charge in [0.25, 0.3) is 0 Å². The van der Waals surface area contributed by atoms with Crippen LogP contribution in [-0.2, 0) is 11.0 Å². The van der Waals surface area contributed by atoms with Gasteiger partial charge in [0.2, 0.25) is 5.91 Å². The first-order valence-corrected chi connectivity index (χ1v) is 6.36. The molecule has 108 valence electrons. The lowest BCUT2D eigenvalue weighted by Crippen LogP contribution is -2.24. The Kier molecular flexibility index (Phi) is 3.16. The number of hydrogen-bond donors (Lipinski definition) is 1. The third-order valence-electron chi connectivity index (χ3n) is 3.51. The Balaban J connectivity index is 2.08. The Morgan fingerprint density at radius 1 is 1.24 bits per heavy atom. The van der Waals surface area contributed by atoms with Crippen molar-refractivity contribution >= 4 is 11.6 Å². The van der Waals surface area contributed by atoms with Crippen molar-refractivity contribution in [3.63, 3.8) is 0 Å². The van der Waals surface area contributed by atoms with E-state index in [1.165, 1.54) is 6.07 Å². The highest BCUT2D eigenvalue weighted by Gasteiger charge is 2.33. The van der Waals surface area contributed by atoms with Gasteiger partial charge in [0.15, 0.2) is 0 Å². The van der Waals surface area contributed by atoms with Gasteiger partial charge in [0.05, 0.1) is 5.56 Å². The number of pyridine rings is 1. The molecular formula is C15H11F3N2O. The van der Waals surface area contributed by atoms with Crippen molar-refractivity contribution in [1.82, 2.24) is 4.98 Å². The molecule has 2 aromatic rings. The minimum Gasteiger partial charge on any atom is -0.326 e. The second-order valence-electron chi connectivity index (χ2n) is 4.89. The third-order valence-corrected chi connectivity index (χ3v) is 3.51. The zero-order valence-electron chi connectivity index (χ0n) is 10.8. The molecule has 1 unspecified atom stereocenters. The Labute approximate surface area is 118 Å². The minimum atomic E-state index is -4.43. The van der Waals surface area contributed by atoms with Gasteiger partial charge in [0, 0.05) is 30.4 Å². The number of benzene rings is 1. The Morgan fingerprint density at radius 3 is 2.71 bits per heavy atom. The first-order valence-electron chi connectivity index (χ1n) is 6.36. The number of nitrogens with zero attached hydrogens (tertiary/aromatic N) is 1. The van der Waals surface area contributed by atoms with E-state index in [1.54, 1.807) is 18.5 Å². The summed E-state index contributed by atoms with van der Waals surface area (Å²) in [6.45, 7) is 0. The zero-order valence-corrected chi connectivity index (χ0v) is 10.8. The van der Waals surface area contributed by atoms with Gasteiger partial charge < -0.3 is 5.32 Å². The molecule has 1 aromatic heterocycles. The SMILES string of the molecule is O=C1CC(c2cccnc2)c2ccc(C(F)(F)F)cc2N1. The highest BCUT2D eigenvalue weighted by molar-refractivity contribution is 5.95. The minimum absolute atomic E-state index is 0.198. The summed E-state index contributed by atoms with van der Waals surface area (Å²) in [6, 6.07) is 7.01. The summed E-state index contributed by atoms with van der Waals surface area (Å²) in [5, 5.41) is 2.51. The van der Waals surface area contributed by atoms with Crippen LogP contribution in [0.25, 0.3) is 0 Å². The molecule has 0 aliphatic carbocycles. The van der Waals surface area contributed by atoms with Gasteiger partial charge in [-0.2, -0.15) is 13.2 Å². The summed E-state index contributed by atoms with van der Waals surface area (Å²) in [7, 11) is 0. The van der Waals surface area contributed by atoms with E-state index in [9.17, 15) is 18.0 Å². The van der Waals surface area contributed by atoms with Gasteiger partial charge in [-0.05, 0) is 29.3 Å². The van der Waals surface area contributed by atoms with E-state index in [1.807, 2.05) is 6.07 Å². The number of carbonyl (C=O) groups excluding carboxylic acids is 1. The molecule has 3 rings (SSSR count). The number of aromatic nitrogens is 1. The predicted octanol–water partition coefficient (Wildman–Crippen LogP) is 3.57. The van der Waals surface area contributed by atoms with Crippen LogP contribution in [0.5, 0.6) is 0 Å². The molecule has 21 heavy (non-hydrogen) atoms. The van der Waals surface area contributed by atoms with Gasteiger partial charge in [-0.1, -0.05) is 12.1 Å². The maximum absolute atomic E-state index is 12.8. The fraction of sp³-hybridized carbons (Fsp3) is 0.200. The van der Waals surface area contributed by atoms with Crippen molar-refractivity contribution in [2.75, 3.05) is 5.32 Å². The van der Waals surface area contributed by atoms with Crippen molar-refractivity contribution in [3.05, 3.63) is 59.4 Å². The second-order valence-corrected chi connectivity index (χ2v) is 4.89. The third kappa shape index (κ3) is 2.61. The van der Waals surface area contributed by atoms with Crippen molar-refractivity contribution in [1.29, 1.82) is 0 Å². The van der Waals surface area contributed by atoms with E-state index in [2.05, 4.69) is 10.3 Å². The normalized spacial score (nSPS) is 18.0. The molecule has 0 saturated carbocycles. The first-order chi connectivity index (χ1) is 9.95. The molecule has 0 bridgehead atoms. The highest BCUT2D eigenvalue weighted by atomic mass is 19.4. The predicted molar refractivity (Wildman–Crippen MR) is 70.8 cm³/mol. The summed E-state index contributed by atoms with van der Waals surface area (Å²) in [6.07, 6.45) is -0.990. The average Bonchev–Trinajstić information content (AvgIpc) is 2.45. The van der Waals surface area contributed by atoms with Crippen molar-refractivity contribution in [3.8, 4) is 0 Å². The van der Waals surface area contributed by atoms with Crippen LogP contribution in [0, 0.1) is 0 Å². The van der Waals surface area contributed by atoms with Crippen LogP contribution in [0.3, 0.4) is 0 Å². The molecule has 1 aromatic carbocycles. The van der Waals surface area contributed by atoms with Crippen LogP contribution >= 0.6 is 0 Å². The van der Waals surface area contributed by atoms with Crippen molar-refractivity contribution in [2.45, 2.75) is 18.5 Å². The number of nitrogens with one attached hydrogen (secondary N) is 1. The molecule has 1 aliphatic rings. The van der Waals surface area contributed by atoms with Crippen molar-refractivity contribution in [2.24, 2.45) is 0 Å². The summed E-state index contributed by atoms with van der Waals surface area (Å²) >= 11 is 0. The van der Waals surface area contributed by atoms with Crippen LogP contribution in [0.1, 0.15) is 29.0 Å². The van der Waals surface area contributed by atoms with Gasteiger partial charge >= 0.3 is 6.18 Å². The molecule has 6 heteroatoms. The number of alkyl halides is 3. The molecule has 0 spiro atoms. The van der Waals surface area contributed by atoms with E-state index >= 15 is 0 Å². The Hall–Kier alpha value is -2.37. The van der Waals surface area contributed by atoms with Crippen LogP contribution in [0.2, 0.25) is 0 Å². The first kappa shape index (κ1) is 13.6. The molecule has 1 amide bonds. The highest BCUT2D eigenvalue weighted by Crippen LogP contribution is 2.40. The smallest absolute Gasteiger partial charge is 0.326 e. The van der Waals surface area contributed by atoms with E-state index in [0.29, 0.717) is 5.56 Å². The second kappa shape index (κ2) is 4.87. The van der Waals surface area contributed by atoms with E-state index < -0.39 is 11.7 Å².